The predicted octanol–water partition coefficient (Wildman–Crippen LogP) is 1.91. The lowest BCUT2D eigenvalue weighted by atomic mass is 10.0. The molecular formula is C13H21N3OS. The highest BCUT2D eigenvalue weighted by Gasteiger charge is 2.13. The largest absolute Gasteiger partial charge is 0.324 e. The average Bonchev–Trinajstić information content (AvgIpc) is 2.28. The fourth-order valence-corrected chi connectivity index (χ4v) is 2.35. The van der Waals surface area contributed by atoms with Crippen LogP contribution >= 0.6 is 11.8 Å². The molecule has 4 nitrogen and oxygen atoms in total. The molecule has 100 valence electrons. The van der Waals surface area contributed by atoms with Crippen LogP contribution in [-0.4, -0.2) is 23.2 Å². The highest BCUT2D eigenvalue weighted by molar-refractivity contribution is 7.99. The number of rotatable bonds is 5. The van der Waals surface area contributed by atoms with Crippen LogP contribution in [0.4, 0.5) is 0 Å². The Hall–Kier alpha value is -1.04. The van der Waals surface area contributed by atoms with E-state index in [-0.39, 0.29) is 18.4 Å². The summed E-state index contributed by atoms with van der Waals surface area (Å²) in [6.45, 7) is 4.31. The molecule has 1 aromatic carbocycles. The average molecular weight is 267 g/mol. The molecule has 18 heavy (non-hydrogen) atoms. The quantitative estimate of drug-likeness (QED) is 0.370. The Morgan fingerprint density at radius 1 is 1.33 bits per heavy atom. The number of thioether (sulfide) groups is 1. The van der Waals surface area contributed by atoms with Gasteiger partial charge in [-0.2, -0.15) is 0 Å². The first-order chi connectivity index (χ1) is 8.40. The van der Waals surface area contributed by atoms with E-state index in [2.05, 4.69) is 13.8 Å². The van der Waals surface area contributed by atoms with Crippen LogP contribution < -0.4 is 11.6 Å². The van der Waals surface area contributed by atoms with Crippen molar-refractivity contribution in [2.75, 3.05) is 7.05 Å². The number of amides is 1. The maximum Gasteiger partial charge on any atom is 0.238 e. The minimum Gasteiger partial charge on any atom is -0.324 e. The van der Waals surface area contributed by atoms with Crippen molar-refractivity contribution in [1.29, 1.82) is 0 Å². The molecule has 0 aliphatic carbocycles. The zero-order valence-electron chi connectivity index (χ0n) is 11.1. The van der Waals surface area contributed by atoms with Gasteiger partial charge in [0, 0.05) is 29.7 Å². The Kier molecular flexibility index (Phi) is 5.65. The topological polar surface area (TPSA) is 72.4 Å². The summed E-state index contributed by atoms with van der Waals surface area (Å²) in [5.41, 5.74) is 6.93. The molecule has 0 aliphatic rings. The molecule has 1 aromatic rings. The van der Waals surface area contributed by atoms with Crippen LogP contribution in [0.3, 0.4) is 0 Å². The van der Waals surface area contributed by atoms with E-state index in [1.807, 2.05) is 24.3 Å². The first-order valence-electron chi connectivity index (χ1n) is 5.93. The minimum absolute atomic E-state index is 0.164. The van der Waals surface area contributed by atoms with E-state index >= 15 is 0 Å². The van der Waals surface area contributed by atoms with Gasteiger partial charge in [-0.3, -0.25) is 9.80 Å². The first-order valence-corrected chi connectivity index (χ1v) is 6.81. The van der Waals surface area contributed by atoms with Gasteiger partial charge in [0.1, 0.15) is 0 Å². The zero-order valence-corrected chi connectivity index (χ0v) is 11.9. The highest BCUT2D eigenvalue weighted by Crippen LogP contribution is 2.24. The molecule has 1 rings (SSSR count). The molecule has 0 fully saturated rings. The van der Waals surface area contributed by atoms with Crippen molar-refractivity contribution in [3.8, 4) is 0 Å². The van der Waals surface area contributed by atoms with E-state index in [0.29, 0.717) is 5.25 Å². The molecule has 0 saturated heterocycles. The lowest BCUT2D eigenvalue weighted by molar-refractivity contribution is -0.130. The smallest absolute Gasteiger partial charge is 0.238 e. The molecule has 5 heteroatoms. The maximum absolute atomic E-state index is 11.5. The number of carbonyl (C=O) groups is 1. The Morgan fingerprint density at radius 2 is 1.89 bits per heavy atom. The number of nitrogens with two attached hydrogens (primary N) is 2. The second kappa shape index (κ2) is 6.78. The molecule has 0 radical (unpaired) electrons. The molecule has 0 saturated carbocycles. The second-order valence-electron chi connectivity index (χ2n) is 4.55. The summed E-state index contributed by atoms with van der Waals surface area (Å²) >= 11 is 1.80. The summed E-state index contributed by atoms with van der Waals surface area (Å²) in [5.74, 6) is 5.20. The van der Waals surface area contributed by atoms with E-state index in [0.717, 1.165) is 10.6 Å². The van der Waals surface area contributed by atoms with Crippen molar-refractivity contribution >= 4 is 17.7 Å². The molecule has 0 aromatic heterocycles. The van der Waals surface area contributed by atoms with E-state index in [9.17, 15) is 4.79 Å². The number of carbonyl (C=O) groups excluding carboxylic acids is 1. The lowest BCUT2D eigenvalue weighted by Crippen LogP contribution is -2.35. The minimum atomic E-state index is -0.304. The Labute approximate surface area is 113 Å². The van der Waals surface area contributed by atoms with Gasteiger partial charge in [0.25, 0.3) is 0 Å². The third kappa shape index (κ3) is 4.68. The summed E-state index contributed by atoms with van der Waals surface area (Å²) in [4.78, 5) is 12.7. The van der Waals surface area contributed by atoms with Crippen LogP contribution in [0.25, 0.3) is 0 Å². The van der Waals surface area contributed by atoms with Crippen molar-refractivity contribution in [2.24, 2.45) is 11.6 Å². The Morgan fingerprint density at radius 3 is 2.33 bits per heavy atom. The first kappa shape index (κ1) is 15.0. The van der Waals surface area contributed by atoms with Gasteiger partial charge in [-0.15, -0.1) is 11.8 Å². The number of hydrogen-bond acceptors (Lipinski definition) is 4. The summed E-state index contributed by atoms with van der Waals surface area (Å²) in [6, 6.07) is 7.72. The van der Waals surface area contributed by atoms with Gasteiger partial charge in [0.2, 0.25) is 5.91 Å². The monoisotopic (exact) mass is 267 g/mol. The van der Waals surface area contributed by atoms with Gasteiger partial charge < -0.3 is 5.73 Å². The van der Waals surface area contributed by atoms with Crippen molar-refractivity contribution in [2.45, 2.75) is 36.5 Å². The highest BCUT2D eigenvalue weighted by atomic mass is 32.2. The van der Waals surface area contributed by atoms with Crippen LogP contribution in [0.1, 0.15) is 31.9 Å². The van der Waals surface area contributed by atoms with Gasteiger partial charge in [0.05, 0.1) is 0 Å². The van der Waals surface area contributed by atoms with Crippen LogP contribution in [-0.2, 0) is 4.79 Å². The number of hydrazine groups is 1. The molecular weight excluding hydrogens is 246 g/mol. The standard InChI is InChI=1S/C13H21N3OS/c1-9(2)18-11-6-4-10(5-7-11)12(14)8-13(17)16(3)15/h4-7,9,12H,8,14-15H2,1-3H3. The van der Waals surface area contributed by atoms with Crippen LogP contribution in [0.15, 0.2) is 29.2 Å². The number of hydrogen-bond donors (Lipinski definition) is 2. The Bertz CT molecular complexity index is 390. The molecule has 1 amide bonds. The van der Waals surface area contributed by atoms with Crippen LogP contribution in [0.2, 0.25) is 0 Å². The van der Waals surface area contributed by atoms with E-state index < -0.39 is 0 Å². The fraction of sp³-hybridized carbons (Fsp3) is 0.462. The summed E-state index contributed by atoms with van der Waals surface area (Å²) in [7, 11) is 1.53. The van der Waals surface area contributed by atoms with Gasteiger partial charge in [-0.05, 0) is 17.7 Å². The third-order valence-electron chi connectivity index (χ3n) is 2.47. The lowest BCUT2D eigenvalue weighted by Gasteiger charge is -2.15. The van der Waals surface area contributed by atoms with Crippen molar-refractivity contribution in [3.05, 3.63) is 29.8 Å². The second-order valence-corrected chi connectivity index (χ2v) is 6.20. The number of benzene rings is 1. The third-order valence-corrected chi connectivity index (χ3v) is 3.48. The fourth-order valence-electron chi connectivity index (χ4n) is 1.52. The van der Waals surface area contributed by atoms with E-state index in [1.54, 1.807) is 11.8 Å². The van der Waals surface area contributed by atoms with Gasteiger partial charge in [-0.25, -0.2) is 5.84 Å². The normalized spacial score (nSPS) is 12.6. The molecule has 0 aliphatic heterocycles. The van der Waals surface area contributed by atoms with Gasteiger partial charge in [-0.1, -0.05) is 26.0 Å². The van der Waals surface area contributed by atoms with E-state index in [1.165, 1.54) is 11.9 Å². The Balaban J connectivity index is 2.64. The summed E-state index contributed by atoms with van der Waals surface area (Å²) < 4.78 is 0. The van der Waals surface area contributed by atoms with Crippen molar-refractivity contribution in [1.82, 2.24) is 5.01 Å². The number of nitrogens with zero attached hydrogens (tertiary/aromatic N) is 1. The van der Waals surface area contributed by atoms with Gasteiger partial charge in [0.15, 0.2) is 0 Å². The summed E-state index contributed by atoms with van der Waals surface area (Å²) in [5, 5.41) is 1.63. The zero-order chi connectivity index (χ0) is 13.7. The van der Waals surface area contributed by atoms with E-state index in [4.69, 9.17) is 11.6 Å². The molecule has 4 N–H and O–H groups in total. The molecule has 0 heterocycles. The molecule has 0 spiro atoms. The predicted molar refractivity (Wildman–Crippen MR) is 75.9 cm³/mol. The molecule has 1 atom stereocenters. The molecule has 0 bridgehead atoms. The summed E-state index contributed by atoms with van der Waals surface area (Å²) in [6.07, 6.45) is 0.226. The van der Waals surface area contributed by atoms with Crippen molar-refractivity contribution < 1.29 is 4.79 Å². The van der Waals surface area contributed by atoms with Crippen molar-refractivity contribution in [3.63, 3.8) is 0 Å². The van der Waals surface area contributed by atoms with Gasteiger partial charge >= 0.3 is 0 Å². The SMILES string of the molecule is CC(C)Sc1ccc(C(N)CC(=O)N(C)N)cc1. The molecule has 1 unspecified atom stereocenters. The van der Waals surface area contributed by atoms with Crippen LogP contribution in [0.5, 0.6) is 0 Å². The maximum atomic E-state index is 11.5. The van der Waals surface area contributed by atoms with Crippen LogP contribution in [0, 0.1) is 0 Å².